The average molecular weight is 440 g/mol. The van der Waals surface area contributed by atoms with Crippen molar-refractivity contribution in [3.8, 4) is 11.5 Å². The fourth-order valence-electron chi connectivity index (χ4n) is 2.49. The predicted molar refractivity (Wildman–Crippen MR) is 107 cm³/mol. The lowest BCUT2D eigenvalue weighted by atomic mass is 10.3. The molecule has 2 aromatic carbocycles. The van der Waals surface area contributed by atoms with Crippen molar-refractivity contribution in [3.05, 3.63) is 59.3 Å². The number of rotatable bonds is 7. The van der Waals surface area contributed by atoms with E-state index in [1.165, 1.54) is 49.2 Å². The van der Waals surface area contributed by atoms with Crippen LogP contribution in [-0.4, -0.2) is 31.1 Å². The minimum atomic E-state index is -4.14. The van der Waals surface area contributed by atoms with Crippen LogP contribution in [0.1, 0.15) is 0 Å². The predicted octanol–water partition coefficient (Wildman–Crippen LogP) is 3.40. The maximum absolute atomic E-state index is 12.9. The summed E-state index contributed by atoms with van der Waals surface area (Å²) in [5.74, 6) is 0.430. The van der Waals surface area contributed by atoms with E-state index in [1.54, 1.807) is 24.3 Å². The number of nitrogens with one attached hydrogen (secondary N) is 1. The first-order valence-electron chi connectivity index (χ1n) is 7.91. The highest BCUT2D eigenvalue weighted by Crippen LogP contribution is 2.35. The molecule has 0 saturated carbocycles. The Balaban J connectivity index is 2.04. The smallest absolute Gasteiger partial charge is 0.265 e. The maximum atomic E-state index is 12.9. The van der Waals surface area contributed by atoms with Crippen molar-refractivity contribution in [1.82, 2.24) is 0 Å². The van der Waals surface area contributed by atoms with E-state index >= 15 is 0 Å². The van der Waals surface area contributed by atoms with Crippen LogP contribution >= 0.6 is 11.3 Å². The molecule has 0 bridgehead atoms. The van der Waals surface area contributed by atoms with Gasteiger partial charge in [0, 0.05) is 16.8 Å². The number of benzene rings is 2. The second-order valence-electron chi connectivity index (χ2n) is 5.59. The zero-order chi connectivity index (χ0) is 20.4. The first kappa shape index (κ1) is 20.2. The number of hydrogen-bond donors (Lipinski definition) is 1. The Morgan fingerprint density at radius 3 is 2.21 bits per heavy atom. The van der Waals surface area contributed by atoms with Crippen molar-refractivity contribution in [2.24, 2.45) is 0 Å². The quantitative estimate of drug-likeness (QED) is 0.606. The van der Waals surface area contributed by atoms with Crippen LogP contribution in [0.25, 0.3) is 0 Å². The molecule has 1 heterocycles. The van der Waals surface area contributed by atoms with Crippen LogP contribution in [0.5, 0.6) is 11.5 Å². The summed E-state index contributed by atoms with van der Waals surface area (Å²) in [4.78, 5) is -0.203. The molecule has 1 N–H and O–H groups in total. The van der Waals surface area contributed by atoms with Gasteiger partial charge in [0.15, 0.2) is 0 Å². The maximum Gasteiger partial charge on any atom is 0.265 e. The molecule has 0 fully saturated rings. The third-order valence-electron chi connectivity index (χ3n) is 3.87. The van der Waals surface area contributed by atoms with E-state index in [2.05, 4.69) is 4.72 Å². The molecule has 0 saturated heterocycles. The van der Waals surface area contributed by atoms with Gasteiger partial charge in [0.05, 0.1) is 24.8 Å². The lowest BCUT2D eigenvalue weighted by Gasteiger charge is -2.13. The van der Waals surface area contributed by atoms with Crippen molar-refractivity contribution >= 4 is 36.9 Å². The number of thiophene rings is 1. The van der Waals surface area contributed by atoms with Crippen LogP contribution in [-0.2, 0) is 19.9 Å². The van der Waals surface area contributed by atoms with Crippen LogP contribution in [0, 0.1) is 0 Å². The summed E-state index contributed by atoms with van der Waals surface area (Å²) in [7, 11) is -5.26. The Hall–Kier alpha value is -2.56. The van der Waals surface area contributed by atoms with Crippen molar-refractivity contribution in [2.45, 2.75) is 14.7 Å². The highest BCUT2D eigenvalue weighted by atomic mass is 32.2. The SMILES string of the molecule is COc1ccc(OC)c(S(=O)(=O)Nc2cscc2S(=O)(=O)c2ccccc2)c1. The van der Waals surface area contributed by atoms with Crippen LogP contribution < -0.4 is 14.2 Å². The van der Waals surface area contributed by atoms with Gasteiger partial charge in [-0.25, -0.2) is 16.8 Å². The highest BCUT2D eigenvalue weighted by Gasteiger charge is 2.27. The van der Waals surface area contributed by atoms with E-state index < -0.39 is 19.9 Å². The fourth-order valence-corrected chi connectivity index (χ4v) is 6.44. The molecule has 28 heavy (non-hydrogen) atoms. The molecule has 3 rings (SSSR count). The summed E-state index contributed by atoms with van der Waals surface area (Å²) in [6.07, 6.45) is 0. The summed E-state index contributed by atoms with van der Waals surface area (Å²) < 4.78 is 64.2. The second-order valence-corrected chi connectivity index (χ2v) is 9.90. The Kier molecular flexibility index (Phi) is 5.64. The van der Waals surface area contributed by atoms with Gasteiger partial charge in [0.25, 0.3) is 10.0 Å². The van der Waals surface area contributed by atoms with Gasteiger partial charge in [-0.15, -0.1) is 11.3 Å². The van der Waals surface area contributed by atoms with Crippen molar-refractivity contribution in [1.29, 1.82) is 0 Å². The fraction of sp³-hybridized carbons (Fsp3) is 0.111. The Bertz CT molecular complexity index is 1190. The third-order valence-corrected chi connectivity index (χ3v) is 7.96. The average Bonchev–Trinajstić information content (AvgIpc) is 3.16. The molecular formula is C18H17NO6S3. The van der Waals surface area contributed by atoms with Crippen LogP contribution in [0.15, 0.2) is 74.0 Å². The van der Waals surface area contributed by atoms with E-state index in [9.17, 15) is 16.8 Å². The minimum Gasteiger partial charge on any atom is -0.497 e. The minimum absolute atomic E-state index is 0.0290. The molecule has 3 aromatic rings. The van der Waals surface area contributed by atoms with E-state index in [0.29, 0.717) is 5.75 Å². The van der Waals surface area contributed by atoms with Gasteiger partial charge >= 0.3 is 0 Å². The van der Waals surface area contributed by atoms with E-state index in [1.807, 2.05) is 0 Å². The number of ether oxygens (including phenoxy) is 2. The number of sulfone groups is 1. The monoisotopic (exact) mass is 439 g/mol. The summed E-state index contributed by atoms with van der Waals surface area (Å²) in [5, 5.41) is 2.82. The van der Waals surface area contributed by atoms with Crippen molar-refractivity contribution < 1.29 is 26.3 Å². The Morgan fingerprint density at radius 2 is 1.57 bits per heavy atom. The molecule has 148 valence electrons. The Morgan fingerprint density at radius 1 is 0.857 bits per heavy atom. The largest absolute Gasteiger partial charge is 0.497 e. The van der Waals surface area contributed by atoms with Gasteiger partial charge in [-0.3, -0.25) is 4.72 Å². The molecule has 0 aliphatic heterocycles. The molecule has 1 aromatic heterocycles. The summed E-state index contributed by atoms with van der Waals surface area (Å²) >= 11 is 1.08. The normalized spacial score (nSPS) is 11.8. The number of anilines is 1. The lowest BCUT2D eigenvalue weighted by molar-refractivity contribution is 0.392. The van der Waals surface area contributed by atoms with Gasteiger partial charge in [-0.1, -0.05) is 18.2 Å². The van der Waals surface area contributed by atoms with E-state index in [0.717, 1.165) is 11.3 Å². The summed E-state index contributed by atoms with van der Waals surface area (Å²) in [5.41, 5.74) is -0.0290. The van der Waals surface area contributed by atoms with Crippen molar-refractivity contribution in [2.75, 3.05) is 18.9 Å². The number of hydrogen-bond acceptors (Lipinski definition) is 7. The van der Waals surface area contributed by atoms with Crippen LogP contribution in [0.4, 0.5) is 5.69 Å². The molecule has 0 amide bonds. The summed E-state index contributed by atoms with van der Waals surface area (Å²) in [6, 6.07) is 12.1. The van der Waals surface area contributed by atoms with Gasteiger partial charge in [-0.05, 0) is 24.3 Å². The molecular weight excluding hydrogens is 422 g/mol. The van der Waals surface area contributed by atoms with Crippen LogP contribution in [0.2, 0.25) is 0 Å². The number of methoxy groups -OCH3 is 2. The molecule has 0 unspecified atom stereocenters. The molecule has 0 aliphatic carbocycles. The molecule has 7 nitrogen and oxygen atoms in total. The van der Waals surface area contributed by atoms with Gasteiger partial charge < -0.3 is 9.47 Å². The first-order chi connectivity index (χ1) is 13.3. The highest BCUT2D eigenvalue weighted by molar-refractivity contribution is 7.93. The number of sulfonamides is 1. The van der Waals surface area contributed by atoms with Crippen LogP contribution in [0.3, 0.4) is 0 Å². The summed E-state index contributed by atoms with van der Waals surface area (Å²) in [6.45, 7) is 0. The molecule has 0 spiro atoms. The Labute approximate surface area is 167 Å². The second kappa shape index (κ2) is 7.82. The molecule has 10 heteroatoms. The van der Waals surface area contributed by atoms with Gasteiger partial charge in [0.2, 0.25) is 9.84 Å². The van der Waals surface area contributed by atoms with Gasteiger partial charge in [-0.2, -0.15) is 0 Å². The van der Waals surface area contributed by atoms with E-state index in [-0.39, 0.29) is 26.1 Å². The van der Waals surface area contributed by atoms with E-state index in [4.69, 9.17) is 9.47 Å². The zero-order valence-electron chi connectivity index (χ0n) is 14.9. The molecule has 0 atom stereocenters. The zero-order valence-corrected chi connectivity index (χ0v) is 17.4. The molecule has 0 aliphatic rings. The first-order valence-corrected chi connectivity index (χ1v) is 11.8. The third kappa shape index (κ3) is 3.84. The standard InChI is InChI=1S/C18H17NO6S3/c1-24-13-8-9-16(25-2)17(10-13)28(22,23)19-15-11-26-12-18(15)27(20,21)14-6-4-3-5-7-14/h3-12,19H,1-2H3. The topological polar surface area (TPSA) is 98.8 Å². The van der Waals surface area contributed by atoms with Gasteiger partial charge in [0.1, 0.15) is 21.3 Å². The lowest BCUT2D eigenvalue weighted by Crippen LogP contribution is -2.16. The molecule has 0 radical (unpaired) electrons. The van der Waals surface area contributed by atoms with Crippen molar-refractivity contribution in [3.63, 3.8) is 0 Å².